The van der Waals surface area contributed by atoms with Gasteiger partial charge in [-0.25, -0.2) is 9.97 Å². The Morgan fingerprint density at radius 1 is 1.20 bits per heavy atom. The first-order chi connectivity index (χ1) is 7.24. The van der Waals surface area contributed by atoms with E-state index in [1.807, 2.05) is 0 Å². The summed E-state index contributed by atoms with van der Waals surface area (Å²) in [5.41, 5.74) is 0. The lowest BCUT2D eigenvalue weighted by molar-refractivity contribution is 0.0189. The molecule has 1 saturated heterocycles. The Bertz CT molecular complexity index is 324. The zero-order valence-electron chi connectivity index (χ0n) is 7.89. The van der Waals surface area contributed by atoms with Gasteiger partial charge < -0.3 is 15.3 Å². The average molecular weight is 228 g/mol. The molecule has 5 nitrogen and oxygen atoms in total. The van der Waals surface area contributed by atoms with Crippen LogP contribution in [0.1, 0.15) is 11.1 Å². The summed E-state index contributed by atoms with van der Waals surface area (Å²) in [6, 6.07) is 1.69. The highest BCUT2D eigenvalue weighted by Crippen LogP contribution is 2.43. The van der Waals surface area contributed by atoms with Crippen LogP contribution in [0.2, 0.25) is 0 Å². The third-order valence-electron chi connectivity index (χ3n) is 2.38. The first-order valence-electron chi connectivity index (χ1n) is 4.63. The molecule has 15 heavy (non-hydrogen) atoms. The van der Waals surface area contributed by atoms with E-state index in [0.29, 0.717) is 5.82 Å². The molecule has 0 bridgehead atoms. The molecule has 0 saturated carbocycles. The zero-order valence-corrected chi connectivity index (χ0v) is 8.71. The summed E-state index contributed by atoms with van der Waals surface area (Å²) in [5, 5.41) is 27.6. The maximum Gasteiger partial charge on any atom is 0.143 e. The largest absolute Gasteiger partial charge is 0.395 e. The minimum absolute atomic E-state index is 0.160. The van der Waals surface area contributed by atoms with Gasteiger partial charge in [-0.2, -0.15) is 0 Å². The van der Waals surface area contributed by atoms with E-state index in [9.17, 15) is 10.2 Å². The number of aromatic nitrogens is 2. The highest BCUT2D eigenvalue weighted by molar-refractivity contribution is 8.00. The predicted octanol–water partition coefficient (Wildman–Crippen LogP) is -0.653. The third-order valence-corrected chi connectivity index (χ3v) is 3.94. The van der Waals surface area contributed by atoms with Crippen LogP contribution in [0.25, 0.3) is 0 Å². The summed E-state index contributed by atoms with van der Waals surface area (Å²) < 4.78 is 0. The van der Waals surface area contributed by atoms with Crippen LogP contribution in [0.15, 0.2) is 18.5 Å². The number of rotatable bonds is 2. The molecular weight excluding hydrogens is 216 g/mol. The van der Waals surface area contributed by atoms with Crippen LogP contribution in [0.3, 0.4) is 0 Å². The van der Waals surface area contributed by atoms with Crippen molar-refractivity contribution in [3.63, 3.8) is 0 Å². The lowest BCUT2D eigenvalue weighted by Crippen LogP contribution is -2.32. The van der Waals surface area contributed by atoms with Crippen molar-refractivity contribution in [2.24, 2.45) is 0 Å². The second kappa shape index (κ2) is 4.44. The molecule has 1 aromatic rings. The van der Waals surface area contributed by atoms with Gasteiger partial charge >= 0.3 is 0 Å². The van der Waals surface area contributed by atoms with E-state index >= 15 is 0 Å². The first-order valence-corrected chi connectivity index (χ1v) is 5.57. The van der Waals surface area contributed by atoms with Gasteiger partial charge in [0.05, 0.1) is 23.2 Å². The number of hydrogen-bond donors (Lipinski definition) is 3. The number of nitrogens with zero attached hydrogens (tertiary/aromatic N) is 2. The molecule has 0 aliphatic carbocycles. The summed E-state index contributed by atoms with van der Waals surface area (Å²) in [6.07, 6.45) is 1.34. The van der Waals surface area contributed by atoms with Crippen molar-refractivity contribution >= 4 is 11.8 Å². The Labute approximate surface area is 91.2 Å². The molecule has 6 heteroatoms. The second-order valence-corrected chi connectivity index (χ2v) is 4.75. The van der Waals surface area contributed by atoms with E-state index in [1.165, 1.54) is 11.8 Å². The molecule has 0 spiro atoms. The topological polar surface area (TPSA) is 86.5 Å². The van der Waals surface area contributed by atoms with Crippen LogP contribution in [-0.4, -0.2) is 49.4 Å². The van der Waals surface area contributed by atoms with E-state index in [1.54, 1.807) is 18.5 Å². The van der Waals surface area contributed by atoms with Crippen LogP contribution in [0, 0.1) is 0 Å². The molecular formula is C9H12N2O3S. The van der Waals surface area contributed by atoms with Gasteiger partial charge in [0.25, 0.3) is 0 Å². The third kappa shape index (κ3) is 1.98. The lowest BCUT2D eigenvalue weighted by atomic mass is 10.1. The lowest BCUT2D eigenvalue weighted by Gasteiger charge is -2.13. The predicted molar refractivity (Wildman–Crippen MR) is 55.3 cm³/mol. The van der Waals surface area contributed by atoms with Crippen LogP contribution in [-0.2, 0) is 0 Å². The fourth-order valence-corrected chi connectivity index (χ4v) is 2.92. The van der Waals surface area contributed by atoms with Crippen LogP contribution in [0.4, 0.5) is 0 Å². The smallest absolute Gasteiger partial charge is 0.143 e. The Kier molecular flexibility index (Phi) is 3.20. The summed E-state index contributed by atoms with van der Waals surface area (Å²) in [6.45, 7) is -0.160. The van der Waals surface area contributed by atoms with Gasteiger partial charge in [-0.1, -0.05) is 0 Å². The Hall–Kier alpha value is -0.690. The van der Waals surface area contributed by atoms with E-state index in [4.69, 9.17) is 5.11 Å². The van der Waals surface area contributed by atoms with E-state index in [2.05, 4.69) is 9.97 Å². The molecule has 1 aromatic heterocycles. The molecule has 0 radical (unpaired) electrons. The number of aliphatic hydroxyl groups excluding tert-OH is 3. The van der Waals surface area contributed by atoms with Gasteiger partial charge in [0, 0.05) is 12.4 Å². The van der Waals surface area contributed by atoms with Crippen molar-refractivity contribution in [3.05, 3.63) is 24.3 Å². The van der Waals surface area contributed by atoms with Crippen molar-refractivity contribution < 1.29 is 15.3 Å². The second-order valence-electron chi connectivity index (χ2n) is 3.37. The summed E-state index contributed by atoms with van der Waals surface area (Å²) >= 11 is 1.30. The van der Waals surface area contributed by atoms with E-state index < -0.39 is 12.2 Å². The van der Waals surface area contributed by atoms with Crippen molar-refractivity contribution in [2.45, 2.75) is 22.7 Å². The van der Waals surface area contributed by atoms with Crippen LogP contribution in [0.5, 0.6) is 0 Å². The van der Waals surface area contributed by atoms with E-state index in [-0.39, 0.29) is 17.1 Å². The van der Waals surface area contributed by atoms with Crippen LogP contribution < -0.4 is 0 Å². The molecule has 1 fully saturated rings. The summed E-state index contributed by atoms with van der Waals surface area (Å²) in [7, 11) is 0. The Balaban J connectivity index is 2.19. The standard InChI is InChI=1S/C9H12N2O3S/c12-4-5-6(13)7(14)8(15-5)9-10-2-1-3-11-9/h1-3,5-8,12-14H,4H2/t5-,6-,7+,8?/m1/s1. The average Bonchev–Trinajstić information content (AvgIpc) is 2.57. The highest BCUT2D eigenvalue weighted by Gasteiger charge is 2.43. The Morgan fingerprint density at radius 2 is 1.87 bits per heavy atom. The monoisotopic (exact) mass is 228 g/mol. The van der Waals surface area contributed by atoms with E-state index in [0.717, 1.165) is 0 Å². The van der Waals surface area contributed by atoms with Gasteiger partial charge in [0.1, 0.15) is 11.9 Å². The maximum absolute atomic E-state index is 9.75. The first kappa shape index (κ1) is 10.8. The molecule has 2 heterocycles. The van der Waals surface area contributed by atoms with Gasteiger partial charge in [0.2, 0.25) is 0 Å². The maximum atomic E-state index is 9.75. The normalized spacial score (nSPS) is 35.7. The van der Waals surface area contributed by atoms with Gasteiger partial charge in [-0.05, 0) is 6.07 Å². The minimum atomic E-state index is -0.922. The number of thioether (sulfide) groups is 1. The van der Waals surface area contributed by atoms with Crippen molar-refractivity contribution in [1.82, 2.24) is 9.97 Å². The molecule has 0 aromatic carbocycles. The van der Waals surface area contributed by atoms with Gasteiger partial charge in [-0.15, -0.1) is 11.8 Å². The molecule has 3 N–H and O–H groups in total. The minimum Gasteiger partial charge on any atom is -0.395 e. The quantitative estimate of drug-likeness (QED) is 0.623. The fourth-order valence-electron chi connectivity index (χ4n) is 1.57. The van der Waals surface area contributed by atoms with Crippen molar-refractivity contribution in [3.8, 4) is 0 Å². The molecule has 2 rings (SSSR count). The van der Waals surface area contributed by atoms with Crippen molar-refractivity contribution in [1.29, 1.82) is 0 Å². The molecule has 0 amide bonds. The summed E-state index contributed by atoms with van der Waals surface area (Å²) in [4.78, 5) is 8.06. The molecule has 4 atom stereocenters. The fraction of sp³-hybridized carbons (Fsp3) is 0.556. The number of hydrogen-bond acceptors (Lipinski definition) is 6. The number of aliphatic hydroxyl groups is 3. The Morgan fingerprint density at radius 3 is 2.40 bits per heavy atom. The zero-order chi connectivity index (χ0) is 10.8. The van der Waals surface area contributed by atoms with Gasteiger partial charge in [-0.3, -0.25) is 0 Å². The molecule has 82 valence electrons. The summed E-state index contributed by atoms with van der Waals surface area (Å²) in [5.74, 6) is 0.491. The SMILES string of the molecule is OC[C@H]1SC(c2ncccn2)[C@@H](O)[C@@H]1O. The van der Waals surface area contributed by atoms with Crippen molar-refractivity contribution in [2.75, 3.05) is 6.61 Å². The van der Waals surface area contributed by atoms with Crippen LogP contribution >= 0.6 is 11.8 Å². The molecule has 1 aliphatic rings. The van der Waals surface area contributed by atoms with Gasteiger partial charge in [0.15, 0.2) is 0 Å². The highest BCUT2D eigenvalue weighted by atomic mass is 32.2. The molecule has 1 unspecified atom stereocenters. The molecule has 1 aliphatic heterocycles.